The second-order valence-corrected chi connectivity index (χ2v) is 5.87. The summed E-state index contributed by atoms with van der Waals surface area (Å²) in [6.45, 7) is 3.83. The predicted octanol–water partition coefficient (Wildman–Crippen LogP) is 2.32. The van der Waals surface area contributed by atoms with E-state index < -0.39 is 0 Å². The minimum atomic E-state index is 0.0399. The van der Waals surface area contributed by atoms with Crippen LogP contribution in [0.5, 0.6) is 5.75 Å². The third kappa shape index (κ3) is 3.87. The molecule has 0 atom stereocenters. The van der Waals surface area contributed by atoms with Crippen molar-refractivity contribution in [3.63, 3.8) is 0 Å². The Kier molecular flexibility index (Phi) is 4.89. The van der Waals surface area contributed by atoms with Crippen molar-refractivity contribution in [3.8, 4) is 5.75 Å². The van der Waals surface area contributed by atoms with Crippen LogP contribution in [0.3, 0.4) is 0 Å². The number of nitrogens with one attached hydrogen (secondary N) is 1. The molecule has 1 aliphatic rings. The lowest BCUT2D eigenvalue weighted by Gasteiger charge is -2.39. The number of nitrogens with zero attached hydrogens (tertiary/aromatic N) is 1. The molecule has 0 aromatic heterocycles. The van der Waals surface area contributed by atoms with Gasteiger partial charge in [0.1, 0.15) is 5.75 Å². The van der Waals surface area contributed by atoms with E-state index in [1.807, 2.05) is 11.9 Å². The summed E-state index contributed by atoms with van der Waals surface area (Å²) in [5.74, 6) is 0.706. The fourth-order valence-corrected chi connectivity index (χ4v) is 2.39. The lowest BCUT2D eigenvalue weighted by Crippen LogP contribution is -2.52. The molecule has 1 aromatic rings. The Morgan fingerprint density at radius 1 is 1.35 bits per heavy atom. The Hall–Kier alpha value is -1.26. The maximum Gasteiger partial charge on any atom is 0.260 e. The highest BCUT2D eigenvalue weighted by atomic mass is 35.5. The molecule has 0 spiro atoms. The molecular weight excluding hydrogens is 276 g/mol. The van der Waals surface area contributed by atoms with Gasteiger partial charge in [0.15, 0.2) is 6.61 Å². The number of benzene rings is 1. The molecule has 0 aliphatic carbocycles. The molecule has 20 heavy (non-hydrogen) atoms. The third-order valence-corrected chi connectivity index (χ3v) is 4.25. The number of rotatable bonds is 4. The van der Waals surface area contributed by atoms with Gasteiger partial charge in [0.25, 0.3) is 5.91 Å². The Morgan fingerprint density at radius 2 is 1.95 bits per heavy atom. The minimum absolute atomic E-state index is 0.0399. The number of carbonyl (C=O) groups is 1. The van der Waals surface area contributed by atoms with Gasteiger partial charge in [-0.05, 0) is 51.1 Å². The summed E-state index contributed by atoms with van der Waals surface area (Å²) in [7, 11) is 1.97. The van der Waals surface area contributed by atoms with E-state index in [1.165, 1.54) is 0 Å². The van der Waals surface area contributed by atoms with Crippen molar-refractivity contribution >= 4 is 17.5 Å². The van der Waals surface area contributed by atoms with E-state index in [1.54, 1.807) is 24.3 Å². The quantitative estimate of drug-likeness (QED) is 0.927. The summed E-state index contributed by atoms with van der Waals surface area (Å²) in [4.78, 5) is 14.0. The fourth-order valence-electron chi connectivity index (χ4n) is 2.27. The summed E-state index contributed by atoms with van der Waals surface area (Å²) in [5, 5.41) is 3.98. The van der Waals surface area contributed by atoms with E-state index >= 15 is 0 Å². The second-order valence-electron chi connectivity index (χ2n) is 5.43. The van der Waals surface area contributed by atoms with Crippen LogP contribution in [0, 0.1) is 0 Å². The van der Waals surface area contributed by atoms with E-state index in [0.717, 1.165) is 25.9 Å². The van der Waals surface area contributed by atoms with Crippen molar-refractivity contribution in [2.75, 3.05) is 26.7 Å². The molecule has 0 radical (unpaired) electrons. The molecule has 0 bridgehead atoms. The summed E-state index contributed by atoms with van der Waals surface area (Å²) in [6.07, 6.45) is 1.94. The minimum Gasteiger partial charge on any atom is -0.484 e. The molecule has 0 unspecified atom stereocenters. The molecule has 1 N–H and O–H groups in total. The van der Waals surface area contributed by atoms with Crippen LogP contribution in [-0.4, -0.2) is 43.1 Å². The number of amides is 1. The zero-order chi connectivity index (χ0) is 14.6. The molecule has 110 valence electrons. The predicted molar refractivity (Wildman–Crippen MR) is 80.2 cm³/mol. The van der Waals surface area contributed by atoms with Gasteiger partial charge in [-0.3, -0.25) is 4.79 Å². The van der Waals surface area contributed by atoms with Crippen molar-refractivity contribution < 1.29 is 9.53 Å². The van der Waals surface area contributed by atoms with Crippen LogP contribution in [0.4, 0.5) is 0 Å². The van der Waals surface area contributed by atoms with Gasteiger partial charge in [-0.2, -0.15) is 0 Å². The van der Waals surface area contributed by atoms with Crippen LogP contribution in [0.2, 0.25) is 5.02 Å². The molecule has 1 saturated heterocycles. The SMILES string of the molecule is CNC1(C)CCN(C(=O)COc2ccc(Cl)cc2)CC1. The zero-order valence-electron chi connectivity index (χ0n) is 12.0. The first-order valence-electron chi connectivity index (χ1n) is 6.87. The molecule has 5 heteroatoms. The van der Waals surface area contributed by atoms with Gasteiger partial charge in [0.2, 0.25) is 0 Å². The normalized spacial score (nSPS) is 17.9. The van der Waals surface area contributed by atoms with Crippen molar-refractivity contribution in [1.29, 1.82) is 0 Å². The number of piperidine rings is 1. The first kappa shape index (κ1) is 15.1. The lowest BCUT2D eigenvalue weighted by molar-refractivity contribution is -0.135. The topological polar surface area (TPSA) is 41.6 Å². The van der Waals surface area contributed by atoms with Crippen LogP contribution < -0.4 is 10.1 Å². The highest BCUT2D eigenvalue weighted by Crippen LogP contribution is 2.21. The first-order valence-corrected chi connectivity index (χ1v) is 7.25. The number of likely N-dealkylation sites (tertiary alicyclic amines) is 1. The average Bonchev–Trinajstić information content (AvgIpc) is 2.47. The second kappa shape index (κ2) is 6.46. The monoisotopic (exact) mass is 296 g/mol. The van der Waals surface area contributed by atoms with E-state index in [4.69, 9.17) is 16.3 Å². The first-order chi connectivity index (χ1) is 9.52. The molecule has 1 aromatic carbocycles. The Bertz CT molecular complexity index is 453. The van der Waals surface area contributed by atoms with Crippen LogP contribution in [0.25, 0.3) is 0 Å². The van der Waals surface area contributed by atoms with E-state index in [-0.39, 0.29) is 18.1 Å². The maximum atomic E-state index is 12.1. The van der Waals surface area contributed by atoms with Crippen molar-refractivity contribution in [1.82, 2.24) is 10.2 Å². The van der Waals surface area contributed by atoms with Gasteiger partial charge in [0, 0.05) is 23.7 Å². The highest BCUT2D eigenvalue weighted by molar-refractivity contribution is 6.30. The Balaban J connectivity index is 1.80. The average molecular weight is 297 g/mol. The van der Waals surface area contributed by atoms with Gasteiger partial charge < -0.3 is 15.0 Å². The molecular formula is C15H21ClN2O2. The lowest BCUT2D eigenvalue weighted by atomic mass is 9.90. The number of halogens is 1. The molecule has 1 aliphatic heterocycles. The number of hydrogen-bond donors (Lipinski definition) is 1. The highest BCUT2D eigenvalue weighted by Gasteiger charge is 2.30. The van der Waals surface area contributed by atoms with Crippen molar-refractivity contribution in [3.05, 3.63) is 29.3 Å². The van der Waals surface area contributed by atoms with Crippen molar-refractivity contribution in [2.45, 2.75) is 25.3 Å². The zero-order valence-corrected chi connectivity index (χ0v) is 12.7. The van der Waals surface area contributed by atoms with E-state index in [2.05, 4.69) is 12.2 Å². The smallest absolute Gasteiger partial charge is 0.260 e. The summed E-state index contributed by atoms with van der Waals surface area (Å²) >= 11 is 5.80. The largest absolute Gasteiger partial charge is 0.484 e. The van der Waals surface area contributed by atoms with Gasteiger partial charge >= 0.3 is 0 Å². The molecule has 0 saturated carbocycles. The third-order valence-electron chi connectivity index (χ3n) is 4.00. The Morgan fingerprint density at radius 3 is 2.50 bits per heavy atom. The van der Waals surface area contributed by atoms with Gasteiger partial charge in [-0.25, -0.2) is 0 Å². The van der Waals surface area contributed by atoms with E-state index in [0.29, 0.717) is 10.8 Å². The van der Waals surface area contributed by atoms with E-state index in [9.17, 15) is 4.79 Å². The molecule has 1 heterocycles. The summed E-state index contributed by atoms with van der Waals surface area (Å²) in [6, 6.07) is 7.04. The number of carbonyl (C=O) groups excluding carboxylic acids is 1. The van der Waals surface area contributed by atoms with Gasteiger partial charge in [0.05, 0.1) is 0 Å². The van der Waals surface area contributed by atoms with Crippen LogP contribution >= 0.6 is 11.6 Å². The van der Waals surface area contributed by atoms with Crippen LogP contribution in [0.1, 0.15) is 19.8 Å². The van der Waals surface area contributed by atoms with Crippen LogP contribution in [-0.2, 0) is 4.79 Å². The summed E-state index contributed by atoms with van der Waals surface area (Å²) < 4.78 is 5.49. The van der Waals surface area contributed by atoms with Gasteiger partial charge in [-0.15, -0.1) is 0 Å². The van der Waals surface area contributed by atoms with Crippen molar-refractivity contribution in [2.24, 2.45) is 0 Å². The van der Waals surface area contributed by atoms with Gasteiger partial charge in [-0.1, -0.05) is 11.6 Å². The molecule has 1 fully saturated rings. The van der Waals surface area contributed by atoms with Crippen LogP contribution in [0.15, 0.2) is 24.3 Å². The maximum absolute atomic E-state index is 12.1. The fraction of sp³-hybridized carbons (Fsp3) is 0.533. The standard InChI is InChI=1S/C15H21ClN2O2/c1-15(17-2)7-9-18(10-8-15)14(19)11-20-13-5-3-12(16)4-6-13/h3-6,17H,7-11H2,1-2H3. The summed E-state index contributed by atoms with van der Waals surface area (Å²) in [5.41, 5.74) is 0.147. The molecule has 1 amide bonds. The Labute approximate surface area is 125 Å². The molecule has 2 rings (SSSR count). The molecule has 4 nitrogen and oxygen atoms in total. The number of ether oxygens (including phenoxy) is 1. The number of hydrogen-bond acceptors (Lipinski definition) is 3.